The van der Waals surface area contributed by atoms with Crippen molar-refractivity contribution in [2.45, 2.75) is 113 Å². The van der Waals surface area contributed by atoms with E-state index in [1.54, 1.807) is 5.57 Å². The zero-order valence-corrected chi connectivity index (χ0v) is 21.3. The van der Waals surface area contributed by atoms with Crippen LogP contribution < -0.4 is 0 Å². The van der Waals surface area contributed by atoms with Gasteiger partial charge in [-0.15, -0.1) is 0 Å². The summed E-state index contributed by atoms with van der Waals surface area (Å²) in [6.45, 7) is 20.7. The fraction of sp³-hybridized carbons (Fsp3) is 0.867. The third-order valence-electron chi connectivity index (χ3n) is 12.2. The van der Waals surface area contributed by atoms with Gasteiger partial charge in [0.15, 0.2) is 0 Å². The van der Waals surface area contributed by atoms with Crippen LogP contribution in [-0.4, -0.2) is 0 Å². The van der Waals surface area contributed by atoms with E-state index in [2.05, 4.69) is 67.5 Å². The summed E-state index contributed by atoms with van der Waals surface area (Å²) in [7, 11) is 0. The molecule has 0 aromatic heterocycles. The van der Waals surface area contributed by atoms with Crippen LogP contribution in [0.4, 0.5) is 0 Å². The highest BCUT2D eigenvalue weighted by Gasteiger charge is 2.65. The lowest BCUT2D eigenvalue weighted by Gasteiger charge is -2.65. The van der Waals surface area contributed by atoms with Gasteiger partial charge in [0, 0.05) is 0 Å². The monoisotopic (exact) mass is 408 g/mol. The molecular formula is C30H48. The number of allylic oxidation sites excluding steroid dienone is 4. The van der Waals surface area contributed by atoms with E-state index in [0.717, 1.165) is 23.7 Å². The molecule has 168 valence electrons. The Morgan fingerprint density at radius 1 is 0.833 bits per heavy atom. The number of rotatable bonds is 1. The molecule has 0 heteroatoms. The van der Waals surface area contributed by atoms with Gasteiger partial charge in [0.2, 0.25) is 0 Å². The molecule has 1 unspecified atom stereocenters. The smallest absolute Gasteiger partial charge is 0.00159 e. The van der Waals surface area contributed by atoms with Gasteiger partial charge in [-0.2, -0.15) is 0 Å². The van der Waals surface area contributed by atoms with E-state index in [9.17, 15) is 0 Å². The molecule has 0 bridgehead atoms. The maximum absolute atomic E-state index is 2.78. The molecule has 5 aliphatic carbocycles. The molecule has 0 aromatic rings. The van der Waals surface area contributed by atoms with E-state index in [-0.39, 0.29) is 0 Å². The van der Waals surface area contributed by atoms with Crippen molar-refractivity contribution in [1.82, 2.24) is 0 Å². The van der Waals surface area contributed by atoms with Crippen LogP contribution in [0.1, 0.15) is 113 Å². The number of hydrogen-bond acceptors (Lipinski definition) is 0. The Bertz CT molecular complexity index is 795. The Kier molecular flexibility index (Phi) is 4.47. The van der Waals surface area contributed by atoms with E-state index in [4.69, 9.17) is 0 Å². The number of fused-ring (bicyclic) bond motifs is 7. The largest absolute Gasteiger partial charge is 0.0801 e. The highest BCUT2D eigenvalue weighted by atomic mass is 14.7. The minimum absolute atomic E-state index is 0.385. The van der Waals surface area contributed by atoms with Gasteiger partial charge in [0.05, 0.1) is 0 Å². The first-order chi connectivity index (χ1) is 13.9. The van der Waals surface area contributed by atoms with Crippen molar-refractivity contribution in [3.63, 3.8) is 0 Å². The maximum atomic E-state index is 2.78. The van der Waals surface area contributed by atoms with Crippen LogP contribution in [0.3, 0.4) is 0 Å². The first kappa shape index (κ1) is 21.3. The first-order valence-electron chi connectivity index (χ1n) is 13.3. The lowest BCUT2D eigenvalue weighted by molar-refractivity contribution is -0.100. The lowest BCUT2D eigenvalue weighted by atomic mass is 9.39. The molecule has 0 radical (unpaired) electrons. The maximum Gasteiger partial charge on any atom is -0.00159 e. The average molecular weight is 409 g/mol. The highest BCUT2D eigenvalue weighted by molar-refractivity contribution is 5.48. The summed E-state index contributed by atoms with van der Waals surface area (Å²) in [6.07, 6.45) is 18.2. The zero-order chi connectivity index (χ0) is 21.7. The fourth-order valence-electron chi connectivity index (χ4n) is 9.95. The summed E-state index contributed by atoms with van der Waals surface area (Å²) >= 11 is 0. The molecule has 5 rings (SSSR count). The van der Waals surface area contributed by atoms with Crippen molar-refractivity contribution < 1.29 is 0 Å². The topological polar surface area (TPSA) is 0 Å². The second-order valence-corrected chi connectivity index (χ2v) is 14.5. The SMILES string of the molecule is CC(C)C1CC[C@@H]2[C@@]1(C)CC[C@]1(C)C3=CC[C@@]4(C)CCC(C)(C)C[C@H]4C3=CC[C@@]21C. The Labute approximate surface area is 187 Å². The van der Waals surface area contributed by atoms with Crippen molar-refractivity contribution >= 4 is 0 Å². The number of hydrogen-bond donors (Lipinski definition) is 0. The third kappa shape index (κ3) is 2.58. The van der Waals surface area contributed by atoms with Gasteiger partial charge in [0.25, 0.3) is 0 Å². The molecule has 0 aliphatic heterocycles. The summed E-state index contributed by atoms with van der Waals surface area (Å²) < 4.78 is 0. The van der Waals surface area contributed by atoms with Crippen LogP contribution in [0, 0.1) is 50.7 Å². The molecule has 0 saturated heterocycles. The third-order valence-corrected chi connectivity index (χ3v) is 12.2. The first-order valence-corrected chi connectivity index (χ1v) is 13.3. The van der Waals surface area contributed by atoms with E-state index >= 15 is 0 Å². The van der Waals surface area contributed by atoms with E-state index in [1.165, 1.54) is 57.8 Å². The highest BCUT2D eigenvalue weighted by Crippen LogP contribution is 2.74. The molecule has 3 saturated carbocycles. The normalized spacial score (nSPS) is 52.0. The van der Waals surface area contributed by atoms with Gasteiger partial charge in [-0.1, -0.05) is 67.5 Å². The van der Waals surface area contributed by atoms with E-state index in [0.29, 0.717) is 27.1 Å². The summed E-state index contributed by atoms with van der Waals surface area (Å²) in [6, 6.07) is 0. The Morgan fingerprint density at radius 3 is 2.27 bits per heavy atom. The molecule has 0 amide bonds. The Morgan fingerprint density at radius 2 is 1.57 bits per heavy atom. The van der Waals surface area contributed by atoms with Gasteiger partial charge in [-0.05, 0) is 120 Å². The molecule has 0 N–H and O–H groups in total. The minimum atomic E-state index is 0.385. The van der Waals surface area contributed by atoms with Gasteiger partial charge < -0.3 is 0 Å². The van der Waals surface area contributed by atoms with Crippen molar-refractivity contribution in [3.8, 4) is 0 Å². The quantitative estimate of drug-likeness (QED) is 0.406. The molecule has 7 atom stereocenters. The molecule has 5 aliphatic rings. The molecule has 3 fully saturated rings. The van der Waals surface area contributed by atoms with Gasteiger partial charge in [-0.25, -0.2) is 0 Å². The van der Waals surface area contributed by atoms with E-state index < -0.39 is 0 Å². The Balaban J connectivity index is 1.57. The molecular weight excluding hydrogens is 360 g/mol. The van der Waals surface area contributed by atoms with Crippen molar-refractivity contribution in [1.29, 1.82) is 0 Å². The van der Waals surface area contributed by atoms with Crippen molar-refractivity contribution in [2.75, 3.05) is 0 Å². The molecule has 0 aromatic carbocycles. The summed E-state index contributed by atoms with van der Waals surface area (Å²) in [5.41, 5.74) is 6.02. The standard InChI is InChI=1S/C30H48/c1-20(2)22-9-10-25-28(22,6)17-18-29(7)23-12-13-27(5)16-15-26(3,4)19-24(27)21(23)11-14-30(25,29)8/h11-12,20,22,24-25H,9-10,13-19H2,1-8H3/t22?,24-,25+,27-,28-,29+,30-/m0/s1. The summed E-state index contributed by atoms with van der Waals surface area (Å²) in [5, 5.41) is 0. The molecule has 0 nitrogen and oxygen atoms in total. The van der Waals surface area contributed by atoms with Gasteiger partial charge in [0.1, 0.15) is 0 Å². The average Bonchev–Trinajstić information content (AvgIpc) is 3.02. The van der Waals surface area contributed by atoms with Crippen LogP contribution in [-0.2, 0) is 0 Å². The zero-order valence-electron chi connectivity index (χ0n) is 21.3. The summed E-state index contributed by atoms with van der Waals surface area (Å²) in [4.78, 5) is 0. The van der Waals surface area contributed by atoms with Crippen molar-refractivity contribution in [2.24, 2.45) is 50.7 Å². The summed E-state index contributed by atoms with van der Waals surface area (Å²) in [5.74, 6) is 3.45. The lowest BCUT2D eigenvalue weighted by Crippen LogP contribution is -2.57. The predicted molar refractivity (Wildman–Crippen MR) is 129 cm³/mol. The molecule has 0 spiro atoms. The predicted octanol–water partition coefficient (Wildman–Crippen LogP) is 8.97. The van der Waals surface area contributed by atoms with Crippen LogP contribution in [0.2, 0.25) is 0 Å². The molecule has 0 heterocycles. The van der Waals surface area contributed by atoms with Crippen LogP contribution in [0.5, 0.6) is 0 Å². The van der Waals surface area contributed by atoms with E-state index in [1.807, 2.05) is 5.57 Å². The van der Waals surface area contributed by atoms with Crippen LogP contribution >= 0.6 is 0 Å². The second-order valence-electron chi connectivity index (χ2n) is 14.5. The van der Waals surface area contributed by atoms with Gasteiger partial charge >= 0.3 is 0 Å². The van der Waals surface area contributed by atoms with Gasteiger partial charge in [-0.3, -0.25) is 0 Å². The molecule has 30 heavy (non-hydrogen) atoms. The van der Waals surface area contributed by atoms with Crippen LogP contribution in [0.25, 0.3) is 0 Å². The fourth-order valence-corrected chi connectivity index (χ4v) is 9.95. The second kappa shape index (κ2) is 6.29. The Hall–Kier alpha value is -0.520. The van der Waals surface area contributed by atoms with Crippen LogP contribution in [0.15, 0.2) is 23.3 Å². The minimum Gasteiger partial charge on any atom is -0.0801 e. The van der Waals surface area contributed by atoms with Crippen molar-refractivity contribution in [3.05, 3.63) is 23.3 Å².